The van der Waals surface area contributed by atoms with E-state index in [-0.39, 0.29) is 12.2 Å². The number of nitrogens with one attached hydrogen (secondary N) is 2. The summed E-state index contributed by atoms with van der Waals surface area (Å²) < 4.78 is 5.79. The zero-order valence-corrected chi connectivity index (χ0v) is 15.6. The Balaban J connectivity index is 1.53. The molecule has 6 heteroatoms. The van der Waals surface area contributed by atoms with Gasteiger partial charge in [-0.3, -0.25) is 0 Å². The van der Waals surface area contributed by atoms with Gasteiger partial charge in [0.05, 0.1) is 18.8 Å². The molecule has 1 saturated heterocycles. The van der Waals surface area contributed by atoms with Gasteiger partial charge in [0.25, 0.3) is 0 Å². The summed E-state index contributed by atoms with van der Waals surface area (Å²) in [6, 6.07) is 12.5. The zero-order chi connectivity index (χ0) is 16.9. The van der Waals surface area contributed by atoms with Gasteiger partial charge in [0.15, 0.2) is 5.11 Å². The molecular weight excluding hydrogens is 338 g/mol. The Morgan fingerprint density at radius 3 is 2.54 bits per heavy atom. The van der Waals surface area contributed by atoms with Crippen molar-refractivity contribution in [2.75, 3.05) is 23.3 Å². The molecule has 0 amide bonds. The molecule has 2 aromatic rings. The molecule has 2 N–H and O–H groups in total. The fraction of sp³-hybridized carbons (Fsp3) is 0.389. The van der Waals surface area contributed by atoms with Crippen LogP contribution in [0.1, 0.15) is 18.7 Å². The van der Waals surface area contributed by atoms with Crippen LogP contribution >= 0.6 is 23.6 Å². The van der Waals surface area contributed by atoms with Crippen molar-refractivity contribution in [3.05, 3.63) is 46.7 Å². The van der Waals surface area contributed by atoms with Gasteiger partial charge in [0, 0.05) is 29.3 Å². The molecule has 1 aromatic heterocycles. The molecule has 128 valence electrons. The van der Waals surface area contributed by atoms with E-state index in [4.69, 9.17) is 17.0 Å². The number of nitrogens with zero attached hydrogens (tertiary/aromatic N) is 1. The molecule has 1 aliphatic heterocycles. The molecule has 0 saturated carbocycles. The number of ether oxygens (including phenoxy) is 1. The molecule has 2 atom stereocenters. The third kappa shape index (κ3) is 4.69. The van der Waals surface area contributed by atoms with Crippen LogP contribution in [0.4, 0.5) is 11.4 Å². The molecule has 1 aromatic carbocycles. The number of benzene rings is 1. The Bertz CT molecular complexity index is 647. The van der Waals surface area contributed by atoms with Gasteiger partial charge in [-0.25, -0.2) is 0 Å². The van der Waals surface area contributed by atoms with Crippen LogP contribution in [-0.2, 0) is 11.3 Å². The predicted molar refractivity (Wildman–Crippen MR) is 106 cm³/mol. The number of hydrogen-bond acceptors (Lipinski definition) is 4. The monoisotopic (exact) mass is 361 g/mol. The summed E-state index contributed by atoms with van der Waals surface area (Å²) in [5, 5.41) is 9.17. The molecule has 0 bridgehead atoms. The van der Waals surface area contributed by atoms with Crippen LogP contribution in [0.2, 0.25) is 0 Å². The van der Waals surface area contributed by atoms with Gasteiger partial charge >= 0.3 is 0 Å². The normalized spacial score (nSPS) is 20.7. The molecule has 0 radical (unpaired) electrons. The SMILES string of the molecule is CC1CN(c2ccc(NC(=S)NCc3cccs3)cc2)CC(C)O1. The molecule has 24 heavy (non-hydrogen) atoms. The molecule has 1 fully saturated rings. The maximum atomic E-state index is 5.79. The van der Waals surface area contributed by atoms with Crippen molar-refractivity contribution in [3.63, 3.8) is 0 Å². The Morgan fingerprint density at radius 2 is 1.92 bits per heavy atom. The third-order valence-electron chi connectivity index (χ3n) is 3.91. The third-order valence-corrected chi connectivity index (χ3v) is 5.04. The first-order valence-corrected chi connectivity index (χ1v) is 9.46. The summed E-state index contributed by atoms with van der Waals surface area (Å²) in [6.07, 6.45) is 0.529. The summed E-state index contributed by atoms with van der Waals surface area (Å²) >= 11 is 7.08. The Morgan fingerprint density at radius 1 is 1.21 bits per heavy atom. The molecule has 2 heterocycles. The first-order chi connectivity index (χ1) is 11.6. The highest BCUT2D eigenvalue weighted by Crippen LogP contribution is 2.22. The second kappa shape index (κ2) is 7.96. The van der Waals surface area contributed by atoms with Crippen LogP contribution in [0, 0.1) is 0 Å². The van der Waals surface area contributed by atoms with Crippen LogP contribution < -0.4 is 15.5 Å². The minimum Gasteiger partial charge on any atom is -0.372 e. The number of thiocarbonyl (C=S) groups is 1. The second-order valence-corrected chi connectivity index (χ2v) is 7.54. The Hall–Kier alpha value is -1.63. The second-order valence-electron chi connectivity index (χ2n) is 6.10. The number of hydrogen-bond donors (Lipinski definition) is 2. The number of thiophene rings is 1. The van der Waals surface area contributed by atoms with Crippen molar-refractivity contribution in [1.29, 1.82) is 0 Å². The predicted octanol–water partition coefficient (Wildman–Crippen LogP) is 3.85. The first kappa shape index (κ1) is 17.2. The molecule has 2 unspecified atom stereocenters. The fourth-order valence-electron chi connectivity index (χ4n) is 2.90. The molecule has 0 spiro atoms. The van der Waals surface area contributed by atoms with E-state index >= 15 is 0 Å². The topological polar surface area (TPSA) is 36.5 Å². The first-order valence-electron chi connectivity index (χ1n) is 8.18. The summed E-state index contributed by atoms with van der Waals surface area (Å²) in [5.41, 5.74) is 2.22. The van der Waals surface area contributed by atoms with Gasteiger partial charge in [-0.2, -0.15) is 0 Å². The molecule has 4 nitrogen and oxygen atoms in total. The minimum atomic E-state index is 0.264. The molecule has 3 rings (SSSR count). The number of anilines is 2. The van der Waals surface area contributed by atoms with Crippen molar-refractivity contribution < 1.29 is 4.74 Å². The molecular formula is C18H23N3OS2. The van der Waals surface area contributed by atoms with Gasteiger partial charge in [-0.05, 0) is 61.8 Å². The van der Waals surface area contributed by atoms with Crippen molar-refractivity contribution in [2.24, 2.45) is 0 Å². The fourth-order valence-corrected chi connectivity index (χ4v) is 3.73. The highest BCUT2D eigenvalue weighted by Gasteiger charge is 2.22. The average Bonchev–Trinajstić information content (AvgIpc) is 3.06. The lowest BCUT2D eigenvalue weighted by molar-refractivity contribution is -0.00521. The van der Waals surface area contributed by atoms with Crippen LogP contribution in [0.25, 0.3) is 0 Å². The van der Waals surface area contributed by atoms with Gasteiger partial charge in [0.1, 0.15) is 0 Å². The van der Waals surface area contributed by atoms with Crippen molar-refractivity contribution in [1.82, 2.24) is 5.32 Å². The number of rotatable bonds is 4. The maximum absolute atomic E-state index is 5.79. The number of morpholine rings is 1. The lowest BCUT2D eigenvalue weighted by Gasteiger charge is -2.36. The lowest BCUT2D eigenvalue weighted by Crippen LogP contribution is -2.45. The van der Waals surface area contributed by atoms with Gasteiger partial charge in [0.2, 0.25) is 0 Å². The lowest BCUT2D eigenvalue weighted by atomic mass is 10.2. The quantitative estimate of drug-likeness (QED) is 0.809. The van der Waals surface area contributed by atoms with E-state index in [1.807, 2.05) is 6.07 Å². The van der Waals surface area contributed by atoms with Gasteiger partial charge in [-0.1, -0.05) is 6.07 Å². The van der Waals surface area contributed by atoms with E-state index in [0.717, 1.165) is 25.3 Å². The van der Waals surface area contributed by atoms with Gasteiger partial charge in [-0.15, -0.1) is 11.3 Å². The largest absolute Gasteiger partial charge is 0.372 e. The molecule has 1 aliphatic rings. The van der Waals surface area contributed by atoms with Crippen molar-refractivity contribution >= 4 is 40.0 Å². The standard InChI is InChI=1S/C18H23N3OS2/c1-13-11-21(12-14(2)22-13)16-7-5-15(6-8-16)20-18(23)19-10-17-4-3-9-24-17/h3-9,13-14H,10-12H2,1-2H3,(H2,19,20,23). The zero-order valence-electron chi connectivity index (χ0n) is 14.0. The Labute approximate surface area is 152 Å². The van der Waals surface area contributed by atoms with Crippen LogP contribution in [0.5, 0.6) is 0 Å². The van der Waals surface area contributed by atoms with E-state index in [1.54, 1.807) is 11.3 Å². The maximum Gasteiger partial charge on any atom is 0.171 e. The molecule has 0 aliphatic carbocycles. The smallest absolute Gasteiger partial charge is 0.171 e. The summed E-state index contributed by atoms with van der Waals surface area (Å²) in [5.74, 6) is 0. The van der Waals surface area contributed by atoms with E-state index in [0.29, 0.717) is 5.11 Å². The minimum absolute atomic E-state index is 0.264. The highest BCUT2D eigenvalue weighted by molar-refractivity contribution is 7.80. The average molecular weight is 362 g/mol. The van der Waals surface area contributed by atoms with Crippen molar-refractivity contribution in [2.45, 2.75) is 32.6 Å². The summed E-state index contributed by atoms with van der Waals surface area (Å²) in [7, 11) is 0. The van der Waals surface area contributed by atoms with E-state index in [2.05, 4.69) is 65.1 Å². The van der Waals surface area contributed by atoms with Crippen molar-refractivity contribution in [3.8, 4) is 0 Å². The highest BCUT2D eigenvalue weighted by atomic mass is 32.1. The Kier molecular flexibility index (Phi) is 5.71. The van der Waals surface area contributed by atoms with Gasteiger partial charge < -0.3 is 20.3 Å². The van der Waals surface area contributed by atoms with Crippen LogP contribution in [0.15, 0.2) is 41.8 Å². The van der Waals surface area contributed by atoms with E-state index < -0.39 is 0 Å². The van der Waals surface area contributed by atoms with Crippen LogP contribution in [-0.4, -0.2) is 30.4 Å². The van der Waals surface area contributed by atoms with Crippen LogP contribution in [0.3, 0.4) is 0 Å². The summed E-state index contributed by atoms with van der Waals surface area (Å²) in [4.78, 5) is 3.64. The van der Waals surface area contributed by atoms with E-state index in [1.165, 1.54) is 10.6 Å². The summed E-state index contributed by atoms with van der Waals surface area (Å²) in [6.45, 7) is 6.85. The van der Waals surface area contributed by atoms with E-state index in [9.17, 15) is 0 Å².